The van der Waals surface area contributed by atoms with Crippen molar-refractivity contribution in [2.24, 2.45) is 7.05 Å². The van der Waals surface area contributed by atoms with Crippen molar-refractivity contribution in [2.45, 2.75) is 13.0 Å². The summed E-state index contributed by atoms with van der Waals surface area (Å²) in [7, 11) is 1.74. The number of imide groups is 1. The highest BCUT2D eigenvalue weighted by atomic mass is 16.2. The quantitative estimate of drug-likeness (QED) is 0.399. The fraction of sp³-hybridized carbons (Fsp3) is 0.143. The zero-order valence-electron chi connectivity index (χ0n) is 20.3. The molecular weight excluding hydrogens is 470 g/mol. The molecule has 0 bridgehead atoms. The summed E-state index contributed by atoms with van der Waals surface area (Å²) in [6.07, 6.45) is 0. The minimum atomic E-state index is -0.739. The number of nitrogens with one attached hydrogen (secondary N) is 2. The van der Waals surface area contributed by atoms with Crippen LogP contribution < -0.4 is 16.2 Å². The Kier molecular flexibility index (Phi) is 6.19. The molecule has 0 radical (unpaired) electrons. The van der Waals surface area contributed by atoms with Gasteiger partial charge >= 0.3 is 6.03 Å². The van der Waals surface area contributed by atoms with E-state index in [2.05, 4.69) is 10.6 Å². The second-order valence-electron chi connectivity index (χ2n) is 8.72. The molecule has 4 aromatic rings. The standard InChI is InChI=1S/C28H25N5O4/c1-18-24(27(36)33(31(18)2)20-13-7-4-8-14-20)30-28(37)29-17-23(19-11-5-3-6-12-19)32-25(34)21-15-9-10-16-22(21)26(32)35/h3-16,23H,17H2,1-2H3,(H2,29,30,37). The van der Waals surface area contributed by atoms with E-state index in [1.807, 2.05) is 24.3 Å². The summed E-state index contributed by atoms with van der Waals surface area (Å²) in [4.78, 5) is 53.5. The molecule has 0 saturated carbocycles. The lowest BCUT2D eigenvalue weighted by molar-refractivity contribution is 0.0582. The van der Waals surface area contributed by atoms with Crippen molar-refractivity contribution in [3.8, 4) is 5.69 Å². The Morgan fingerprint density at radius 1 is 0.811 bits per heavy atom. The molecule has 0 fully saturated rings. The highest BCUT2D eigenvalue weighted by molar-refractivity contribution is 6.21. The van der Waals surface area contributed by atoms with Gasteiger partial charge in [-0.15, -0.1) is 0 Å². The molecule has 0 saturated heterocycles. The van der Waals surface area contributed by atoms with Gasteiger partial charge in [-0.1, -0.05) is 60.7 Å². The van der Waals surface area contributed by atoms with Crippen molar-refractivity contribution in [2.75, 3.05) is 11.9 Å². The summed E-state index contributed by atoms with van der Waals surface area (Å²) >= 11 is 0. The maximum Gasteiger partial charge on any atom is 0.319 e. The van der Waals surface area contributed by atoms with E-state index in [0.29, 0.717) is 28.1 Å². The van der Waals surface area contributed by atoms with Crippen LogP contribution in [0.15, 0.2) is 89.7 Å². The van der Waals surface area contributed by atoms with Crippen LogP contribution in [0, 0.1) is 6.92 Å². The van der Waals surface area contributed by atoms with Gasteiger partial charge in [0.15, 0.2) is 0 Å². The smallest absolute Gasteiger partial charge is 0.319 e. The third-order valence-corrected chi connectivity index (χ3v) is 6.57. The number of carbonyl (C=O) groups excluding carboxylic acids is 3. The van der Waals surface area contributed by atoms with Crippen molar-refractivity contribution >= 4 is 23.5 Å². The maximum absolute atomic E-state index is 13.2. The minimum absolute atomic E-state index is 0.0416. The van der Waals surface area contributed by atoms with Crippen LogP contribution in [0.1, 0.15) is 38.0 Å². The molecule has 37 heavy (non-hydrogen) atoms. The SMILES string of the molecule is Cc1c(NC(=O)NCC(c2ccccc2)N2C(=O)c3ccccc3C2=O)c(=O)n(-c2ccccc2)n1C. The molecule has 9 heteroatoms. The third-order valence-electron chi connectivity index (χ3n) is 6.57. The molecular formula is C28H25N5O4. The van der Waals surface area contributed by atoms with Crippen molar-refractivity contribution < 1.29 is 14.4 Å². The first-order chi connectivity index (χ1) is 17.9. The lowest BCUT2D eigenvalue weighted by Crippen LogP contribution is -2.42. The molecule has 1 aliphatic heterocycles. The van der Waals surface area contributed by atoms with E-state index in [4.69, 9.17) is 0 Å². The molecule has 1 atom stereocenters. The van der Waals surface area contributed by atoms with Crippen LogP contribution in [-0.2, 0) is 7.05 Å². The van der Waals surface area contributed by atoms with Gasteiger partial charge in [0.2, 0.25) is 0 Å². The predicted molar refractivity (Wildman–Crippen MR) is 139 cm³/mol. The fourth-order valence-electron chi connectivity index (χ4n) is 4.58. The minimum Gasteiger partial charge on any atom is -0.335 e. The molecule has 1 aromatic heterocycles. The molecule has 0 spiro atoms. The number of hydrogen-bond acceptors (Lipinski definition) is 4. The molecule has 3 aromatic carbocycles. The topological polar surface area (TPSA) is 105 Å². The zero-order chi connectivity index (χ0) is 26.1. The number of urea groups is 1. The molecule has 2 N–H and O–H groups in total. The Labute approximate surface area is 212 Å². The molecule has 1 aliphatic rings. The molecule has 9 nitrogen and oxygen atoms in total. The van der Waals surface area contributed by atoms with Gasteiger partial charge in [-0.3, -0.25) is 24.0 Å². The van der Waals surface area contributed by atoms with Crippen LogP contribution in [0.5, 0.6) is 0 Å². The van der Waals surface area contributed by atoms with Crippen LogP contribution in [-0.4, -0.2) is 38.7 Å². The summed E-state index contributed by atoms with van der Waals surface area (Å²) in [5.41, 5.74) is 2.37. The van der Waals surface area contributed by atoms with Crippen LogP contribution in [0.2, 0.25) is 0 Å². The first-order valence-electron chi connectivity index (χ1n) is 11.8. The number of anilines is 1. The second kappa shape index (κ2) is 9.62. The Balaban J connectivity index is 1.38. The van der Waals surface area contributed by atoms with Gasteiger partial charge in [-0.25, -0.2) is 9.48 Å². The monoisotopic (exact) mass is 495 g/mol. The molecule has 186 valence electrons. The lowest BCUT2D eigenvalue weighted by atomic mass is 10.1. The fourth-order valence-corrected chi connectivity index (χ4v) is 4.58. The van der Waals surface area contributed by atoms with Crippen LogP contribution in [0.4, 0.5) is 10.5 Å². The van der Waals surface area contributed by atoms with Crippen LogP contribution >= 0.6 is 0 Å². The summed E-state index contributed by atoms with van der Waals surface area (Å²) in [5, 5.41) is 5.40. The molecule has 1 unspecified atom stereocenters. The number of rotatable bonds is 6. The average molecular weight is 496 g/mol. The number of para-hydroxylation sites is 1. The molecule has 2 heterocycles. The van der Waals surface area contributed by atoms with E-state index in [0.717, 1.165) is 0 Å². The van der Waals surface area contributed by atoms with Gasteiger partial charge < -0.3 is 10.6 Å². The number of aromatic nitrogens is 2. The van der Waals surface area contributed by atoms with Gasteiger partial charge in [0, 0.05) is 13.6 Å². The maximum atomic E-state index is 13.2. The van der Waals surface area contributed by atoms with E-state index in [-0.39, 0.29) is 17.8 Å². The summed E-state index contributed by atoms with van der Waals surface area (Å²) in [5.74, 6) is -0.831. The Morgan fingerprint density at radius 2 is 1.35 bits per heavy atom. The highest BCUT2D eigenvalue weighted by Gasteiger charge is 2.40. The van der Waals surface area contributed by atoms with Crippen molar-refractivity contribution in [1.82, 2.24) is 19.6 Å². The van der Waals surface area contributed by atoms with Gasteiger partial charge in [0.05, 0.1) is 28.6 Å². The summed E-state index contributed by atoms with van der Waals surface area (Å²) in [6.45, 7) is 1.70. The second-order valence-corrected chi connectivity index (χ2v) is 8.72. The Hall–Kier alpha value is -4.92. The van der Waals surface area contributed by atoms with E-state index in [1.54, 1.807) is 79.3 Å². The lowest BCUT2D eigenvalue weighted by Gasteiger charge is -2.27. The van der Waals surface area contributed by atoms with Crippen molar-refractivity contribution in [1.29, 1.82) is 0 Å². The molecule has 4 amide bonds. The summed E-state index contributed by atoms with van der Waals surface area (Å²) < 4.78 is 3.13. The Morgan fingerprint density at radius 3 is 1.95 bits per heavy atom. The van der Waals surface area contributed by atoms with Crippen molar-refractivity contribution in [3.05, 3.63) is 118 Å². The molecule has 0 aliphatic carbocycles. The summed E-state index contributed by atoms with van der Waals surface area (Å²) in [6, 6.07) is 23.5. The van der Waals surface area contributed by atoms with Gasteiger partial charge in [0.25, 0.3) is 17.4 Å². The molecule has 5 rings (SSSR count). The Bertz CT molecular complexity index is 1520. The predicted octanol–water partition coefficient (Wildman–Crippen LogP) is 3.64. The van der Waals surface area contributed by atoms with E-state index in [9.17, 15) is 19.2 Å². The normalized spacial score (nSPS) is 13.4. The van der Waals surface area contributed by atoms with Gasteiger partial charge in [-0.2, -0.15) is 0 Å². The third kappa shape index (κ3) is 4.20. The zero-order valence-corrected chi connectivity index (χ0v) is 20.3. The number of carbonyl (C=O) groups is 3. The number of nitrogens with zero attached hydrogens (tertiary/aromatic N) is 3. The number of fused-ring (bicyclic) bond motifs is 1. The number of benzene rings is 3. The highest BCUT2D eigenvalue weighted by Crippen LogP contribution is 2.31. The van der Waals surface area contributed by atoms with Crippen LogP contribution in [0.25, 0.3) is 5.69 Å². The van der Waals surface area contributed by atoms with Gasteiger partial charge in [-0.05, 0) is 36.8 Å². The number of hydrogen-bond donors (Lipinski definition) is 2. The van der Waals surface area contributed by atoms with Gasteiger partial charge in [0.1, 0.15) is 5.69 Å². The first-order valence-corrected chi connectivity index (χ1v) is 11.8. The number of amides is 4. The van der Waals surface area contributed by atoms with Crippen molar-refractivity contribution in [3.63, 3.8) is 0 Å². The van der Waals surface area contributed by atoms with E-state index in [1.165, 1.54) is 9.58 Å². The average Bonchev–Trinajstić information content (AvgIpc) is 3.29. The van der Waals surface area contributed by atoms with E-state index < -0.39 is 23.9 Å². The van der Waals surface area contributed by atoms with Crippen LogP contribution in [0.3, 0.4) is 0 Å². The first kappa shape index (κ1) is 23.8. The largest absolute Gasteiger partial charge is 0.335 e. The van der Waals surface area contributed by atoms with E-state index >= 15 is 0 Å².